The van der Waals surface area contributed by atoms with E-state index >= 15 is 0 Å². The Morgan fingerprint density at radius 3 is 2.62 bits per heavy atom. The van der Waals surface area contributed by atoms with Crippen molar-refractivity contribution in [3.8, 4) is 0 Å². The molecule has 1 aliphatic rings. The van der Waals surface area contributed by atoms with Crippen molar-refractivity contribution >= 4 is 5.97 Å². The molecular weight excluding hydrogens is 338 g/mol. The number of rotatable bonds is 5. The van der Waals surface area contributed by atoms with Gasteiger partial charge in [-0.3, -0.25) is 4.79 Å². The Kier molecular flexibility index (Phi) is 5.37. The molecule has 2 aromatic rings. The van der Waals surface area contributed by atoms with Crippen molar-refractivity contribution in [3.63, 3.8) is 0 Å². The zero-order valence-electron chi connectivity index (χ0n) is 14.9. The van der Waals surface area contributed by atoms with Crippen LogP contribution in [0.25, 0.3) is 0 Å². The fraction of sp³-hybridized carbons (Fsp3) is 0.381. The smallest absolute Gasteiger partial charge is 0.316 e. The summed E-state index contributed by atoms with van der Waals surface area (Å²) < 4.78 is 38.0. The number of hydrogen-bond donors (Lipinski definition) is 0. The van der Waals surface area contributed by atoms with Gasteiger partial charge < -0.3 is 9.47 Å². The first kappa shape index (κ1) is 18.5. The van der Waals surface area contributed by atoms with E-state index in [1.54, 1.807) is 31.2 Å². The molecule has 1 saturated carbocycles. The second kappa shape index (κ2) is 7.54. The van der Waals surface area contributed by atoms with E-state index in [4.69, 9.17) is 9.47 Å². The first-order valence-corrected chi connectivity index (χ1v) is 8.66. The minimum absolute atomic E-state index is 0.151. The van der Waals surface area contributed by atoms with Crippen molar-refractivity contribution < 1.29 is 23.0 Å². The third-order valence-electron chi connectivity index (χ3n) is 5.23. The van der Waals surface area contributed by atoms with Gasteiger partial charge in [-0.1, -0.05) is 24.3 Å². The van der Waals surface area contributed by atoms with Crippen LogP contribution < -0.4 is 0 Å². The molecule has 0 aromatic heterocycles. The molecule has 0 bridgehead atoms. The SMILES string of the molecule is COC(=O)C1(c2cccc(F)c2C)CCC(OCc2ccc(F)cc2)C1. The fourth-order valence-corrected chi connectivity index (χ4v) is 3.80. The molecule has 2 aromatic carbocycles. The summed E-state index contributed by atoms with van der Waals surface area (Å²) in [5, 5.41) is 0. The van der Waals surface area contributed by atoms with Gasteiger partial charge in [-0.25, -0.2) is 8.78 Å². The van der Waals surface area contributed by atoms with Crippen LogP contribution in [0.15, 0.2) is 42.5 Å². The molecule has 0 heterocycles. The van der Waals surface area contributed by atoms with Crippen molar-refractivity contribution in [2.45, 2.75) is 44.3 Å². The molecule has 1 aliphatic carbocycles. The van der Waals surface area contributed by atoms with E-state index in [0.717, 1.165) is 5.56 Å². The lowest BCUT2D eigenvalue weighted by atomic mass is 9.76. The number of carbonyl (C=O) groups excluding carboxylic acids is 1. The van der Waals surface area contributed by atoms with Crippen LogP contribution in [0.3, 0.4) is 0 Å². The number of halogens is 2. The van der Waals surface area contributed by atoms with Crippen molar-refractivity contribution in [1.29, 1.82) is 0 Å². The van der Waals surface area contributed by atoms with Gasteiger partial charge >= 0.3 is 5.97 Å². The van der Waals surface area contributed by atoms with E-state index < -0.39 is 5.41 Å². The summed E-state index contributed by atoms with van der Waals surface area (Å²) in [5.74, 6) is -0.985. The first-order valence-electron chi connectivity index (χ1n) is 8.66. The lowest BCUT2D eigenvalue weighted by Gasteiger charge is -2.28. The summed E-state index contributed by atoms with van der Waals surface area (Å²) >= 11 is 0. The molecule has 0 saturated heterocycles. The fourth-order valence-electron chi connectivity index (χ4n) is 3.80. The van der Waals surface area contributed by atoms with E-state index in [1.807, 2.05) is 0 Å². The Morgan fingerprint density at radius 1 is 1.19 bits per heavy atom. The van der Waals surface area contributed by atoms with E-state index in [-0.39, 0.29) is 23.7 Å². The third-order valence-corrected chi connectivity index (χ3v) is 5.23. The molecule has 5 heteroatoms. The van der Waals surface area contributed by atoms with Crippen LogP contribution in [0.4, 0.5) is 8.78 Å². The summed E-state index contributed by atoms with van der Waals surface area (Å²) in [5.41, 5.74) is 1.10. The Hall–Kier alpha value is -2.27. The first-order chi connectivity index (χ1) is 12.5. The summed E-state index contributed by atoms with van der Waals surface area (Å²) in [6.07, 6.45) is 1.50. The average molecular weight is 360 g/mol. The highest BCUT2D eigenvalue weighted by atomic mass is 19.1. The van der Waals surface area contributed by atoms with Gasteiger partial charge in [0, 0.05) is 0 Å². The van der Waals surface area contributed by atoms with Gasteiger partial charge in [-0.2, -0.15) is 0 Å². The van der Waals surface area contributed by atoms with Crippen molar-refractivity contribution in [2.75, 3.05) is 7.11 Å². The van der Waals surface area contributed by atoms with Crippen LogP contribution in [0, 0.1) is 18.6 Å². The number of benzene rings is 2. The Bertz CT molecular complexity index is 788. The highest BCUT2D eigenvalue weighted by Crippen LogP contribution is 2.45. The Morgan fingerprint density at radius 2 is 1.92 bits per heavy atom. The van der Waals surface area contributed by atoms with Crippen molar-refractivity contribution in [1.82, 2.24) is 0 Å². The van der Waals surface area contributed by atoms with E-state index in [0.29, 0.717) is 37.0 Å². The molecule has 0 aliphatic heterocycles. The van der Waals surface area contributed by atoms with Gasteiger partial charge in [0.05, 0.1) is 25.2 Å². The van der Waals surface area contributed by atoms with Gasteiger partial charge in [0.2, 0.25) is 0 Å². The lowest BCUT2D eigenvalue weighted by Crippen LogP contribution is -2.36. The second-order valence-electron chi connectivity index (χ2n) is 6.79. The highest BCUT2D eigenvalue weighted by Gasteiger charge is 2.49. The van der Waals surface area contributed by atoms with Crippen LogP contribution in [0.1, 0.15) is 36.0 Å². The minimum atomic E-state index is -0.894. The Labute approximate surface area is 151 Å². The van der Waals surface area contributed by atoms with Crippen LogP contribution in [-0.4, -0.2) is 19.2 Å². The molecule has 2 atom stereocenters. The van der Waals surface area contributed by atoms with E-state index in [1.165, 1.54) is 25.3 Å². The van der Waals surface area contributed by atoms with Gasteiger partial charge in [0.1, 0.15) is 11.6 Å². The maximum Gasteiger partial charge on any atom is 0.316 e. The van der Waals surface area contributed by atoms with Gasteiger partial charge in [0.15, 0.2) is 0 Å². The van der Waals surface area contributed by atoms with Crippen molar-refractivity contribution in [3.05, 3.63) is 70.8 Å². The molecular formula is C21H22F2O3. The van der Waals surface area contributed by atoms with E-state index in [9.17, 15) is 13.6 Å². The highest BCUT2D eigenvalue weighted by molar-refractivity contribution is 5.84. The molecule has 0 radical (unpaired) electrons. The quantitative estimate of drug-likeness (QED) is 0.739. The predicted molar refractivity (Wildman–Crippen MR) is 93.7 cm³/mol. The standard InChI is InChI=1S/C21H22F2O3/c1-14-18(4-3-5-19(14)23)21(20(24)25-2)11-10-17(12-21)26-13-15-6-8-16(22)9-7-15/h3-9,17H,10-13H2,1-2H3. The number of ether oxygens (including phenoxy) is 2. The molecule has 0 amide bonds. The number of carbonyl (C=O) groups is 1. The van der Waals surface area contributed by atoms with Gasteiger partial charge in [-0.05, 0) is 61.1 Å². The van der Waals surface area contributed by atoms with Crippen LogP contribution in [0.2, 0.25) is 0 Å². The number of hydrogen-bond acceptors (Lipinski definition) is 3. The molecule has 1 fully saturated rings. The normalized spacial score (nSPS) is 22.4. The molecule has 2 unspecified atom stereocenters. The zero-order chi connectivity index (χ0) is 18.7. The monoisotopic (exact) mass is 360 g/mol. The maximum atomic E-state index is 14.1. The second-order valence-corrected chi connectivity index (χ2v) is 6.79. The average Bonchev–Trinajstić information content (AvgIpc) is 3.08. The predicted octanol–water partition coefficient (Wildman–Crippen LogP) is 4.45. The van der Waals surface area contributed by atoms with Gasteiger partial charge in [0.25, 0.3) is 0 Å². The molecule has 138 valence electrons. The summed E-state index contributed by atoms with van der Waals surface area (Å²) in [6, 6.07) is 10.9. The van der Waals surface area contributed by atoms with Gasteiger partial charge in [-0.15, -0.1) is 0 Å². The Balaban J connectivity index is 1.79. The van der Waals surface area contributed by atoms with E-state index in [2.05, 4.69) is 0 Å². The molecule has 0 spiro atoms. The molecule has 3 nitrogen and oxygen atoms in total. The summed E-state index contributed by atoms with van der Waals surface area (Å²) in [7, 11) is 1.35. The lowest BCUT2D eigenvalue weighted by molar-refractivity contribution is -0.148. The van der Waals surface area contributed by atoms with Crippen LogP contribution in [-0.2, 0) is 26.3 Å². The number of methoxy groups -OCH3 is 1. The summed E-state index contributed by atoms with van der Waals surface area (Å²) in [6.45, 7) is 2.02. The molecule has 3 rings (SSSR count). The van der Waals surface area contributed by atoms with Crippen molar-refractivity contribution in [2.24, 2.45) is 0 Å². The largest absolute Gasteiger partial charge is 0.468 e. The topological polar surface area (TPSA) is 35.5 Å². The number of esters is 1. The summed E-state index contributed by atoms with van der Waals surface area (Å²) in [4.78, 5) is 12.6. The zero-order valence-corrected chi connectivity index (χ0v) is 14.9. The molecule has 26 heavy (non-hydrogen) atoms. The van der Waals surface area contributed by atoms with Crippen LogP contribution >= 0.6 is 0 Å². The minimum Gasteiger partial charge on any atom is -0.468 e. The maximum absolute atomic E-state index is 14.1. The molecule has 0 N–H and O–H groups in total. The third kappa shape index (κ3) is 3.49. The van der Waals surface area contributed by atoms with Crippen LogP contribution in [0.5, 0.6) is 0 Å².